The number of ether oxygens (including phenoxy) is 1. The predicted octanol–water partition coefficient (Wildman–Crippen LogP) is 2.72. The Bertz CT molecular complexity index is 1110. The van der Waals surface area contributed by atoms with Crippen molar-refractivity contribution in [3.63, 3.8) is 0 Å². The summed E-state index contributed by atoms with van der Waals surface area (Å²) in [6.07, 6.45) is 3.64. The zero-order valence-electron chi connectivity index (χ0n) is 16.7. The third-order valence-electron chi connectivity index (χ3n) is 5.40. The monoisotopic (exact) mass is 405 g/mol. The maximum absolute atomic E-state index is 13.2. The fraction of sp³-hybridized carbons (Fsp3) is 0.261. The molecule has 1 saturated carbocycles. The van der Waals surface area contributed by atoms with E-state index in [1.54, 1.807) is 22.9 Å². The van der Waals surface area contributed by atoms with Gasteiger partial charge < -0.3 is 19.9 Å². The number of hydrogen-bond donors (Lipinski definition) is 1. The minimum absolute atomic E-state index is 0.0198. The Hall–Kier alpha value is -3.61. The number of nitrogens with two attached hydrogens (primary N) is 1. The lowest BCUT2D eigenvalue weighted by Gasteiger charge is -2.23. The molecule has 1 aromatic heterocycles. The molecule has 0 radical (unpaired) electrons. The Balaban J connectivity index is 1.57. The number of para-hydroxylation sites is 1. The lowest BCUT2D eigenvalue weighted by molar-refractivity contribution is -0.133. The van der Waals surface area contributed by atoms with Crippen LogP contribution in [-0.4, -0.2) is 40.4 Å². The molecule has 0 saturated heterocycles. The van der Waals surface area contributed by atoms with E-state index in [2.05, 4.69) is 0 Å². The molecule has 0 unspecified atom stereocenters. The van der Waals surface area contributed by atoms with Crippen molar-refractivity contribution in [1.29, 1.82) is 0 Å². The van der Waals surface area contributed by atoms with E-state index in [4.69, 9.17) is 10.5 Å². The van der Waals surface area contributed by atoms with E-state index in [9.17, 15) is 14.4 Å². The number of carbonyl (C=O) groups is 3. The van der Waals surface area contributed by atoms with Crippen LogP contribution in [0.5, 0.6) is 0 Å². The van der Waals surface area contributed by atoms with Crippen molar-refractivity contribution in [2.24, 2.45) is 5.73 Å². The van der Waals surface area contributed by atoms with Crippen LogP contribution in [0.15, 0.2) is 54.7 Å². The SMILES string of the molecule is COC(=O)c1cn(CC(=O)N(Cc2ccc(C(N)=O)cc2)C2CC2)c2ccccc12. The second-order valence-electron chi connectivity index (χ2n) is 7.49. The lowest BCUT2D eigenvalue weighted by atomic mass is 10.1. The van der Waals surface area contributed by atoms with Crippen LogP contribution in [0, 0.1) is 0 Å². The molecule has 7 nitrogen and oxygen atoms in total. The van der Waals surface area contributed by atoms with Crippen molar-refractivity contribution in [2.45, 2.75) is 32.0 Å². The summed E-state index contributed by atoms with van der Waals surface area (Å²) in [5, 5.41) is 0.761. The van der Waals surface area contributed by atoms with E-state index < -0.39 is 11.9 Å². The first-order chi connectivity index (χ1) is 14.5. The van der Waals surface area contributed by atoms with Gasteiger partial charge in [0.05, 0.1) is 12.7 Å². The highest BCUT2D eigenvalue weighted by Gasteiger charge is 2.33. The molecule has 2 amide bonds. The summed E-state index contributed by atoms with van der Waals surface area (Å²) in [5.74, 6) is -0.919. The maximum atomic E-state index is 13.2. The number of rotatable bonds is 7. The zero-order chi connectivity index (χ0) is 21.3. The molecule has 1 heterocycles. The zero-order valence-corrected chi connectivity index (χ0v) is 16.7. The molecule has 2 N–H and O–H groups in total. The van der Waals surface area contributed by atoms with E-state index in [1.165, 1.54) is 7.11 Å². The van der Waals surface area contributed by atoms with Crippen LogP contribution in [0.4, 0.5) is 0 Å². The molecule has 1 fully saturated rings. The number of carbonyl (C=O) groups excluding carboxylic acids is 3. The first-order valence-corrected chi connectivity index (χ1v) is 9.82. The first-order valence-electron chi connectivity index (χ1n) is 9.82. The highest BCUT2D eigenvalue weighted by Crippen LogP contribution is 2.29. The summed E-state index contributed by atoms with van der Waals surface area (Å²) in [4.78, 5) is 38.4. The fourth-order valence-corrected chi connectivity index (χ4v) is 3.66. The highest BCUT2D eigenvalue weighted by molar-refractivity contribution is 6.04. The van der Waals surface area contributed by atoms with Crippen LogP contribution >= 0.6 is 0 Å². The molecule has 4 rings (SSSR count). The van der Waals surface area contributed by atoms with Crippen molar-refractivity contribution < 1.29 is 19.1 Å². The van der Waals surface area contributed by atoms with Gasteiger partial charge >= 0.3 is 5.97 Å². The van der Waals surface area contributed by atoms with Gasteiger partial charge in [-0.15, -0.1) is 0 Å². The van der Waals surface area contributed by atoms with Crippen LogP contribution in [0.2, 0.25) is 0 Å². The molecule has 30 heavy (non-hydrogen) atoms. The largest absolute Gasteiger partial charge is 0.465 e. The van der Waals surface area contributed by atoms with E-state index in [1.807, 2.05) is 41.3 Å². The summed E-state index contributed by atoms with van der Waals surface area (Å²) in [7, 11) is 1.35. The van der Waals surface area contributed by atoms with Gasteiger partial charge in [0.15, 0.2) is 0 Å². The van der Waals surface area contributed by atoms with Crippen LogP contribution in [0.1, 0.15) is 39.1 Å². The van der Waals surface area contributed by atoms with Crippen molar-refractivity contribution in [2.75, 3.05) is 7.11 Å². The topological polar surface area (TPSA) is 94.6 Å². The summed E-state index contributed by atoms with van der Waals surface area (Å²) < 4.78 is 6.68. The first kappa shape index (κ1) is 19.7. The molecular weight excluding hydrogens is 382 g/mol. The van der Waals surface area contributed by atoms with Crippen molar-refractivity contribution in [1.82, 2.24) is 9.47 Å². The van der Waals surface area contributed by atoms with Crippen molar-refractivity contribution in [3.8, 4) is 0 Å². The number of esters is 1. The molecule has 1 aliphatic carbocycles. The van der Waals surface area contributed by atoms with Gasteiger partial charge in [0.2, 0.25) is 11.8 Å². The van der Waals surface area contributed by atoms with Gasteiger partial charge in [-0.05, 0) is 36.6 Å². The summed E-state index contributed by atoms with van der Waals surface area (Å²) in [6, 6.07) is 14.7. The molecule has 1 aliphatic rings. The Morgan fingerprint density at radius 3 is 2.43 bits per heavy atom. The molecule has 7 heteroatoms. The summed E-state index contributed by atoms with van der Waals surface area (Å²) in [5.41, 5.74) is 7.93. The molecule has 0 aliphatic heterocycles. The number of nitrogens with zero attached hydrogens (tertiary/aromatic N) is 2. The van der Waals surface area contributed by atoms with Crippen LogP contribution in [-0.2, 0) is 22.6 Å². The van der Waals surface area contributed by atoms with Gasteiger partial charge in [0.1, 0.15) is 6.54 Å². The standard InChI is InChI=1S/C23H23N3O4/c1-30-23(29)19-13-25(20-5-3-2-4-18(19)20)14-21(27)26(17-10-11-17)12-15-6-8-16(9-7-15)22(24)28/h2-9,13,17H,10-12,14H2,1H3,(H2,24,28). The molecule has 3 aromatic rings. The molecule has 0 bridgehead atoms. The number of benzene rings is 2. The Kier molecular flexibility index (Phi) is 5.27. The molecule has 0 atom stereocenters. The van der Waals surface area contributed by atoms with Crippen LogP contribution in [0.3, 0.4) is 0 Å². The second-order valence-corrected chi connectivity index (χ2v) is 7.49. The van der Waals surface area contributed by atoms with E-state index in [-0.39, 0.29) is 18.5 Å². The van der Waals surface area contributed by atoms with Gasteiger partial charge in [-0.2, -0.15) is 0 Å². The van der Waals surface area contributed by atoms with Gasteiger partial charge in [0, 0.05) is 35.2 Å². The third kappa shape index (κ3) is 3.91. The third-order valence-corrected chi connectivity index (χ3v) is 5.40. The summed E-state index contributed by atoms with van der Waals surface area (Å²) in [6.45, 7) is 0.596. The van der Waals surface area contributed by atoms with Crippen LogP contribution in [0.25, 0.3) is 10.9 Å². The number of amides is 2. The Morgan fingerprint density at radius 2 is 1.80 bits per heavy atom. The number of fused-ring (bicyclic) bond motifs is 1. The Labute approximate surface area is 174 Å². The number of aromatic nitrogens is 1. The average molecular weight is 405 g/mol. The molecule has 0 spiro atoms. The lowest BCUT2D eigenvalue weighted by Crippen LogP contribution is -2.35. The Morgan fingerprint density at radius 1 is 1.10 bits per heavy atom. The number of methoxy groups -OCH3 is 1. The van der Waals surface area contributed by atoms with Gasteiger partial charge in [-0.1, -0.05) is 30.3 Å². The van der Waals surface area contributed by atoms with E-state index in [0.29, 0.717) is 17.7 Å². The van der Waals surface area contributed by atoms with Crippen molar-refractivity contribution in [3.05, 3.63) is 71.4 Å². The molecular formula is C23H23N3O4. The quantitative estimate of drug-likeness (QED) is 0.612. The minimum Gasteiger partial charge on any atom is -0.465 e. The predicted molar refractivity (Wildman–Crippen MR) is 112 cm³/mol. The molecule has 2 aromatic carbocycles. The van der Waals surface area contributed by atoms with E-state index in [0.717, 1.165) is 29.3 Å². The van der Waals surface area contributed by atoms with Gasteiger partial charge in [-0.25, -0.2) is 4.79 Å². The number of primary amides is 1. The average Bonchev–Trinajstić information content (AvgIpc) is 3.54. The van der Waals surface area contributed by atoms with Crippen molar-refractivity contribution >= 4 is 28.7 Å². The summed E-state index contributed by atoms with van der Waals surface area (Å²) >= 11 is 0. The van der Waals surface area contributed by atoms with Gasteiger partial charge in [-0.3, -0.25) is 9.59 Å². The number of hydrogen-bond acceptors (Lipinski definition) is 4. The minimum atomic E-state index is -0.474. The fourth-order valence-electron chi connectivity index (χ4n) is 3.66. The highest BCUT2D eigenvalue weighted by atomic mass is 16.5. The van der Waals surface area contributed by atoms with E-state index >= 15 is 0 Å². The van der Waals surface area contributed by atoms with Gasteiger partial charge in [0.25, 0.3) is 0 Å². The molecule has 154 valence electrons. The maximum Gasteiger partial charge on any atom is 0.340 e. The second kappa shape index (κ2) is 8.02. The normalized spacial score (nSPS) is 13.2. The van der Waals surface area contributed by atoms with Crippen LogP contribution < -0.4 is 5.73 Å². The smallest absolute Gasteiger partial charge is 0.340 e.